The number of halogens is 1. The van der Waals surface area contributed by atoms with Gasteiger partial charge in [0.1, 0.15) is 23.3 Å². The Kier molecular flexibility index (Phi) is 5.51. The quantitative estimate of drug-likeness (QED) is 0.479. The summed E-state index contributed by atoms with van der Waals surface area (Å²) in [6, 6.07) is 4.68. The highest BCUT2D eigenvalue weighted by molar-refractivity contribution is 5.93. The van der Waals surface area contributed by atoms with Gasteiger partial charge in [0, 0.05) is 32.0 Å². The minimum Gasteiger partial charge on any atom is -0.381 e. The number of hydrogen-bond acceptors (Lipinski definition) is 6. The lowest BCUT2D eigenvalue weighted by Crippen LogP contribution is -2.27. The van der Waals surface area contributed by atoms with Gasteiger partial charge >= 0.3 is 0 Å². The van der Waals surface area contributed by atoms with Crippen molar-refractivity contribution >= 4 is 5.91 Å². The molecular formula is C25H26FN5O4. The van der Waals surface area contributed by atoms with E-state index in [2.05, 4.69) is 21.9 Å². The number of rotatable bonds is 5. The molecular weight excluding hydrogens is 453 g/mol. The minimum atomic E-state index is -1.45. The summed E-state index contributed by atoms with van der Waals surface area (Å²) in [4.78, 5) is 17.0. The third-order valence-corrected chi connectivity index (χ3v) is 6.77. The van der Waals surface area contributed by atoms with E-state index in [4.69, 9.17) is 10.5 Å². The van der Waals surface area contributed by atoms with Crippen LogP contribution >= 0.6 is 0 Å². The van der Waals surface area contributed by atoms with Gasteiger partial charge in [0.05, 0.1) is 23.6 Å². The van der Waals surface area contributed by atoms with E-state index in [-0.39, 0.29) is 29.8 Å². The fourth-order valence-electron chi connectivity index (χ4n) is 5.03. The second kappa shape index (κ2) is 8.30. The Morgan fingerprint density at radius 3 is 2.80 bits per heavy atom. The maximum absolute atomic E-state index is 15.0. The molecule has 9 nitrogen and oxygen atoms in total. The van der Waals surface area contributed by atoms with Crippen molar-refractivity contribution in [2.24, 2.45) is 12.8 Å². The Hall–Kier alpha value is -3.52. The summed E-state index contributed by atoms with van der Waals surface area (Å²) in [6.07, 6.45) is 1.80. The van der Waals surface area contributed by atoms with Crippen LogP contribution in [0.3, 0.4) is 0 Å². The zero-order chi connectivity index (χ0) is 25.1. The zero-order valence-corrected chi connectivity index (χ0v) is 19.6. The molecule has 3 aliphatic rings. The molecule has 1 amide bonds. The number of aliphatic hydroxyl groups excluding tert-OH is 1. The van der Waals surface area contributed by atoms with E-state index >= 15 is 4.39 Å². The Morgan fingerprint density at radius 1 is 1.43 bits per heavy atom. The number of methoxy groups -OCH3 is 1. The topological polar surface area (TPSA) is 128 Å². The lowest BCUT2D eigenvalue weighted by molar-refractivity contribution is 0.0274. The highest BCUT2D eigenvalue weighted by atomic mass is 19.1. The maximum atomic E-state index is 15.0. The largest absolute Gasteiger partial charge is 0.381 e. The van der Waals surface area contributed by atoms with Gasteiger partial charge < -0.3 is 25.3 Å². The third-order valence-electron chi connectivity index (χ3n) is 6.77. The lowest BCUT2D eigenvalue weighted by Gasteiger charge is -2.36. The second-order valence-electron chi connectivity index (χ2n) is 9.38. The molecule has 10 heteroatoms. The predicted molar refractivity (Wildman–Crippen MR) is 124 cm³/mol. The summed E-state index contributed by atoms with van der Waals surface area (Å²) < 4.78 is 23.4. The number of primary amides is 1. The van der Waals surface area contributed by atoms with Gasteiger partial charge in [-0.2, -0.15) is 5.10 Å². The van der Waals surface area contributed by atoms with Crippen LogP contribution < -0.4 is 5.73 Å². The number of hydrogen-bond donors (Lipinski definition) is 3. The summed E-state index contributed by atoms with van der Waals surface area (Å²) >= 11 is 0. The molecule has 1 aliphatic carbocycles. The molecule has 2 aromatic heterocycles. The van der Waals surface area contributed by atoms with Crippen LogP contribution in [0.25, 0.3) is 11.4 Å². The van der Waals surface area contributed by atoms with Crippen molar-refractivity contribution in [3.63, 3.8) is 0 Å². The van der Waals surface area contributed by atoms with Crippen molar-refractivity contribution in [3.05, 3.63) is 58.4 Å². The van der Waals surface area contributed by atoms with E-state index in [0.717, 1.165) is 5.56 Å². The monoisotopic (exact) mass is 479 g/mol. The fraction of sp³-hybridized carbons (Fsp3) is 0.400. The van der Waals surface area contributed by atoms with Crippen LogP contribution in [0, 0.1) is 17.7 Å². The molecule has 2 aliphatic heterocycles. The van der Waals surface area contributed by atoms with Crippen molar-refractivity contribution in [1.82, 2.24) is 19.3 Å². The predicted octanol–water partition coefficient (Wildman–Crippen LogP) is 1.78. The molecule has 1 saturated carbocycles. The number of aryl methyl sites for hydroxylation is 1. The van der Waals surface area contributed by atoms with E-state index in [1.165, 1.54) is 24.8 Å². The summed E-state index contributed by atoms with van der Waals surface area (Å²) in [5, 5.41) is 25.7. The average molecular weight is 480 g/mol. The standard InChI is InChI=1S/C25H26FN5O4/c1-25(34,12-35-3)6-4-13-10-17-16(11-18(13)26)14-8-15(9-14)31-21(20(23(27)33)29-24(17)31)22(32)19-5-7-28-30(19)2/h5,7,10-11,14-15,22,32,34H,8-9,12H2,1-3H3,(H2,27,33)/t14?,15?,22-,25-/m0/s1. The molecule has 2 bridgehead atoms. The summed E-state index contributed by atoms with van der Waals surface area (Å²) in [6.45, 7) is 1.45. The van der Waals surface area contributed by atoms with Crippen molar-refractivity contribution in [3.8, 4) is 23.2 Å². The number of imidazole rings is 1. The Balaban J connectivity index is 1.70. The van der Waals surface area contributed by atoms with Gasteiger partial charge in [-0.05, 0) is 49.4 Å². The molecule has 4 heterocycles. The van der Waals surface area contributed by atoms with E-state index in [1.54, 1.807) is 25.4 Å². The van der Waals surface area contributed by atoms with Crippen LogP contribution in [0.5, 0.6) is 0 Å². The summed E-state index contributed by atoms with van der Waals surface area (Å²) in [7, 11) is 3.14. The summed E-state index contributed by atoms with van der Waals surface area (Å²) in [5.41, 5.74) is 6.46. The normalized spacial score (nSPS) is 20.4. The molecule has 1 fully saturated rings. The van der Waals surface area contributed by atoms with E-state index in [1.807, 2.05) is 4.57 Å². The fourth-order valence-corrected chi connectivity index (χ4v) is 5.03. The molecule has 182 valence electrons. The molecule has 2 atom stereocenters. The van der Waals surface area contributed by atoms with Crippen LogP contribution in [-0.4, -0.2) is 54.8 Å². The Bertz CT molecular complexity index is 1390. The van der Waals surface area contributed by atoms with Gasteiger partial charge in [0.25, 0.3) is 5.91 Å². The zero-order valence-electron chi connectivity index (χ0n) is 19.6. The van der Waals surface area contributed by atoms with E-state index in [9.17, 15) is 15.0 Å². The SMILES string of the molecule is COC[C@@](C)(O)C#Cc1cc2c(cc1F)C1CC(C1)n1c-2nc(C(N)=O)c1[C@@H](O)c1ccnn1C. The van der Waals surface area contributed by atoms with Crippen LogP contribution in [0.4, 0.5) is 4.39 Å². The van der Waals surface area contributed by atoms with Crippen LogP contribution in [0.2, 0.25) is 0 Å². The molecule has 0 spiro atoms. The maximum Gasteiger partial charge on any atom is 0.269 e. The summed E-state index contributed by atoms with van der Waals surface area (Å²) in [5.74, 6) is 4.65. The van der Waals surface area contributed by atoms with Gasteiger partial charge in [0.2, 0.25) is 0 Å². The molecule has 0 radical (unpaired) electrons. The average Bonchev–Trinajstić information content (AvgIpc) is 3.30. The lowest BCUT2D eigenvalue weighted by atomic mass is 9.75. The van der Waals surface area contributed by atoms with E-state index < -0.39 is 23.4 Å². The van der Waals surface area contributed by atoms with Crippen LogP contribution in [-0.2, 0) is 11.8 Å². The first kappa shape index (κ1) is 23.2. The first-order valence-corrected chi connectivity index (χ1v) is 11.3. The highest BCUT2D eigenvalue weighted by Crippen LogP contribution is 2.54. The molecule has 4 N–H and O–H groups in total. The minimum absolute atomic E-state index is 0.0269. The van der Waals surface area contributed by atoms with Gasteiger partial charge in [-0.15, -0.1) is 0 Å². The number of nitrogens with zero attached hydrogens (tertiary/aromatic N) is 4. The molecule has 6 rings (SSSR count). The van der Waals surface area contributed by atoms with Gasteiger partial charge in [-0.3, -0.25) is 9.48 Å². The number of aromatic nitrogens is 4. The number of benzene rings is 1. The molecule has 35 heavy (non-hydrogen) atoms. The molecule has 0 saturated heterocycles. The number of aliphatic hydroxyl groups is 2. The third kappa shape index (κ3) is 3.82. The van der Waals surface area contributed by atoms with Crippen molar-refractivity contribution in [1.29, 1.82) is 0 Å². The number of carbonyl (C=O) groups is 1. The smallest absolute Gasteiger partial charge is 0.269 e. The Morgan fingerprint density at radius 2 is 2.17 bits per heavy atom. The van der Waals surface area contributed by atoms with Crippen LogP contribution in [0.1, 0.15) is 70.8 Å². The van der Waals surface area contributed by atoms with Crippen molar-refractivity contribution < 1.29 is 24.1 Å². The van der Waals surface area contributed by atoms with Crippen molar-refractivity contribution in [2.45, 2.75) is 43.4 Å². The number of amides is 1. The first-order chi connectivity index (χ1) is 16.6. The van der Waals surface area contributed by atoms with Gasteiger partial charge in [-0.1, -0.05) is 11.8 Å². The van der Waals surface area contributed by atoms with Gasteiger partial charge in [-0.25, -0.2) is 9.37 Å². The molecule has 0 unspecified atom stereocenters. The first-order valence-electron chi connectivity index (χ1n) is 11.3. The highest BCUT2D eigenvalue weighted by Gasteiger charge is 2.43. The number of carbonyl (C=O) groups excluding carboxylic acids is 1. The molecule has 1 aromatic carbocycles. The van der Waals surface area contributed by atoms with Gasteiger partial charge in [0.15, 0.2) is 5.69 Å². The van der Waals surface area contributed by atoms with Crippen molar-refractivity contribution in [2.75, 3.05) is 13.7 Å². The molecule has 3 aromatic rings. The van der Waals surface area contributed by atoms with Crippen LogP contribution in [0.15, 0.2) is 24.4 Å². The second-order valence-corrected chi connectivity index (χ2v) is 9.38. The van der Waals surface area contributed by atoms with E-state index in [0.29, 0.717) is 35.6 Å². The number of nitrogens with two attached hydrogens (primary N) is 1. The number of ether oxygens (including phenoxy) is 1. The Labute approximate surface area is 201 Å².